The quantitative estimate of drug-likeness (QED) is 0.304. The minimum atomic E-state index is 0. The smallest absolute Gasteiger partial charge is 0.191 e. The average Bonchev–Trinajstić information content (AvgIpc) is 3.24. The molecule has 0 aliphatic carbocycles. The second-order valence-corrected chi connectivity index (χ2v) is 5.82. The zero-order valence-corrected chi connectivity index (χ0v) is 17.0. The number of halogens is 1. The fourth-order valence-electron chi connectivity index (χ4n) is 2.87. The number of fused-ring (bicyclic) bond motifs is 1. The predicted molar refractivity (Wildman–Crippen MR) is 114 cm³/mol. The molecule has 5 nitrogen and oxygen atoms in total. The van der Waals surface area contributed by atoms with Crippen LogP contribution in [0, 0.1) is 6.92 Å². The van der Waals surface area contributed by atoms with Gasteiger partial charge in [0, 0.05) is 43.7 Å². The number of aryl methyl sites for hydroxylation is 1. The number of hydrogen-bond acceptors (Lipinski definition) is 2. The Kier molecular flexibility index (Phi) is 7.36. The highest BCUT2D eigenvalue weighted by atomic mass is 127. The first kappa shape index (κ1) is 19.4. The number of nitrogens with one attached hydrogen (secondary N) is 3. The molecular formula is C19H25IN4O. The van der Waals surface area contributed by atoms with Crippen LogP contribution in [0.15, 0.2) is 52.2 Å². The summed E-state index contributed by atoms with van der Waals surface area (Å²) in [5.41, 5.74) is 3.84. The summed E-state index contributed by atoms with van der Waals surface area (Å²) in [5.74, 6) is 1.80. The average molecular weight is 452 g/mol. The van der Waals surface area contributed by atoms with Crippen molar-refractivity contribution in [3.05, 3.63) is 59.7 Å². The summed E-state index contributed by atoms with van der Waals surface area (Å²) in [6.45, 7) is 3.76. The molecule has 0 saturated heterocycles. The van der Waals surface area contributed by atoms with Crippen molar-refractivity contribution < 1.29 is 4.42 Å². The van der Waals surface area contributed by atoms with E-state index < -0.39 is 0 Å². The molecule has 2 heterocycles. The van der Waals surface area contributed by atoms with E-state index in [1.807, 2.05) is 12.1 Å². The van der Waals surface area contributed by atoms with Gasteiger partial charge >= 0.3 is 0 Å². The van der Waals surface area contributed by atoms with Crippen molar-refractivity contribution >= 4 is 40.8 Å². The third-order valence-corrected chi connectivity index (χ3v) is 4.16. The van der Waals surface area contributed by atoms with E-state index in [2.05, 4.69) is 51.9 Å². The maximum absolute atomic E-state index is 5.33. The molecule has 3 aromatic rings. The van der Waals surface area contributed by atoms with E-state index in [9.17, 15) is 0 Å². The Balaban J connectivity index is 0.00000225. The van der Waals surface area contributed by atoms with Gasteiger partial charge in [0.2, 0.25) is 0 Å². The van der Waals surface area contributed by atoms with E-state index in [4.69, 9.17) is 4.42 Å². The summed E-state index contributed by atoms with van der Waals surface area (Å²) < 4.78 is 5.33. The van der Waals surface area contributed by atoms with Crippen molar-refractivity contribution in [1.29, 1.82) is 0 Å². The predicted octanol–water partition coefficient (Wildman–Crippen LogP) is 3.64. The van der Waals surface area contributed by atoms with E-state index in [0.717, 1.165) is 37.7 Å². The van der Waals surface area contributed by atoms with Crippen molar-refractivity contribution in [1.82, 2.24) is 15.6 Å². The summed E-state index contributed by atoms with van der Waals surface area (Å²) in [7, 11) is 1.79. The standard InChI is InChI=1S/C19H24N4O.HI/c1-14-5-3-7-17-15(13-23-18(14)17)8-10-21-19(20-2)22-11-9-16-6-4-12-24-16;/h3-7,12-13,23H,8-11H2,1-2H3,(H2,20,21,22);1H. The van der Waals surface area contributed by atoms with Gasteiger partial charge in [-0.25, -0.2) is 0 Å². The first-order valence-electron chi connectivity index (χ1n) is 8.30. The van der Waals surface area contributed by atoms with Gasteiger partial charge in [0.1, 0.15) is 5.76 Å². The van der Waals surface area contributed by atoms with Crippen LogP contribution in [0.4, 0.5) is 0 Å². The number of nitrogens with zero attached hydrogens (tertiary/aromatic N) is 1. The third-order valence-electron chi connectivity index (χ3n) is 4.16. The van der Waals surface area contributed by atoms with Crippen molar-refractivity contribution in [2.24, 2.45) is 4.99 Å². The highest BCUT2D eigenvalue weighted by molar-refractivity contribution is 14.0. The first-order chi connectivity index (χ1) is 11.8. The Morgan fingerprint density at radius 2 is 1.92 bits per heavy atom. The lowest BCUT2D eigenvalue weighted by atomic mass is 10.1. The number of para-hydroxylation sites is 1. The van der Waals surface area contributed by atoms with Crippen LogP contribution in [0.1, 0.15) is 16.9 Å². The number of rotatable bonds is 6. The summed E-state index contributed by atoms with van der Waals surface area (Å²) in [6, 6.07) is 10.3. The molecule has 0 aliphatic heterocycles. The van der Waals surface area contributed by atoms with Crippen LogP contribution in [-0.4, -0.2) is 31.1 Å². The van der Waals surface area contributed by atoms with Gasteiger partial charge in [-0.15, -0.1) is 24.0 Å². The maximum atomic E-state index is 5.33. The van der Waals surface area contributed by atoms with Crippen LogP contribution in [0.3, 0.4) is 0 Å². The monoisotopic (exact) mass is 452 g/mol. The Labute approximate surface area is 165 Å². The van der Waals surface area contributed by atoms with Crippen LogP contribution in [-0.2, 0) is 12.8 Å². The normalized spacial score (nSPS) is 11.4. The number of aliphatic imine (C=N–C) groups is 1. The van der Waals surface area contributed by atoms with E-state index in [0.29, 0.717) is 0 Å². The fourth-order valence-corrected chi connectivity index (χ4v) is 2.87. The van der Waals surface area contributed by atoms with Gasteiger partial charge in [-0.1, -0.05) is 18.2 Å². The third kappa shape index (κ3) is 5.01. The number of aromatic amines is 1. The Morgan fingerprint density at radius 1 is 1.12 bits per heavy atom. The van der Waals surface area contributed by atoms with Crippen molar-refractivity contribution in [2.45, 2.75) is 19.8 Å². The van der Waals surface area contributed by atoms with Gasteiger partial charge < -0.3 is 20.0 Å². The fraction of sp³-hybridized carbons (Fsp3) is 0.316. The molecule has 1 aromatic carbocycles. The van der Waals surface area contributed by atoms with E-state index >= 15 is 0 Å². The molecule has 0 aliphatic rings. The van der Waals surface area contributed by atoms with E-state index in [-0.39, 0.29) is 24.0 Å². The molecule has 3 rings (SSSR count). The number of H-pyrrole nitrogens is 1. The van der Waals surface area contributed by atoms with Crippen LogP contribution < -0.4 is 10.6 Å². The van der Waals surface area contributed by atoms with Crippen molar-refractivity contribution in [3.8, 4) is 0 Å². The molecule has 2 aromatic heterocycles. The Hall–Kier alpha value is -1.96. The van der Waals surface area contributed by atoms with E-state index in [1.165, 1.54) is 22.0 Å². The maximum Gasteiger partial charge on any atom is 0.191 e. The number of aromatic nitrogens is 1. The first-order valence-corrected chi connectivity index (χ1v) is 8.30. The van der Waals surface area contributed by atoms with Gasteiger partial charge in [-0.05, 0) is 36.6 Å². The van der Waals surface area contributed by atoms with Gasteiger partial charge in [0.25, 0.3) is 0 Å². The molecule has 0 bridgehead atoms. The number of hydrogen-bond donors (Lipinski definition) is 3. The van der Waals surface area contributed by atoms with Gasteiger partial charge in [-0.2, -0.15) is 0 Å². The second-order valence-electron chi connectivity index (χ2n) is 5.82. The number of guanidine groups is 1. The van der Waals surface area contributed by atoms with Crippen molar-refractivity contribution in [2.75, 3.05) is 20.1 Å². The molecule has 0 atom stereocenters. The highest BCUT2D eigenvalue weighted by Crippen LogP contribution is 2.21. The molecule has 0 radical (unpaired) electrons. The summed E-state index contributed by atoms with van der Waals surface area (Å²) in [6.07, 6.45) is 5.59. The van der Waals surface area contributed by atoms with Crippen LogP contribution in [0.2, 0.25) is 0 Å². The molecule has 0 amide bonds. The van der Waals surface area contributed by atoms with Gasteiger partial charge in [-0.3, -0.25) is 4.99 Å². The SMILES string of the molecule is CN=C(NCCc1ccco1)NCCc1c[nH]c2c(C)cccc12.I. The summed E-state index contributed by atoms with van der Waals surface area (Å²) >= 11 is 0. The number of furan rings is 1. The zero-order chi connectivity index (χ0) is 16.8. The van der Waals surface area contributed by atoms with Gasteiger partial charge in [0.05, 0.1) is 6.26 Å². The Morgan fingerprint density at radius 3 is 2.64 bits per heavy atom. The lowest BCUT2D eigenvalue weighted by Gasteiger charge is -2.11. The molecule has 134 valence electrons. The molecule has 0 saturated carbocycles. The molecule has 0 unspecified atom stereocenters. The van der Waals surface area contributed by atoms with E-state index in [1.54, 1.807) is 13.3 Å². The molecular weight excluding hydrogens is 427 g/mol. The summed E-state index contributed by atoms with van der Waals surface area (Å²) in [5, 5.41) is 7.97. The molecule has 25 heavy (non-hydrogen) atoms. The number of benzene rings is 1. The topological polar surface area (TPSA) is 65.3 Å². The molecule has 3 N–H and O–H groups in total. The van der Waals surface area contributed by atoms with Crippen molar-refractivity contribution in [3.63, 3.8) is 0 Å². The second kappa shape index (κ2) is 9.50. The van der Waals surface area contributed by atoms with Crippen LogP contribution in [0.25, 0.3) is 10.9 Å². The lowest BCUT2D eigenvalue weighted by Crippen LogP contribution is -2.39. The summed E-state index contributed by atoms with van der Waals surface area (Å²) in [4.78, 5) is 7.63. The zero-order valence-electron chi connectivity index (χ0n) is 14.6. The molecule has 0 fully saturated rings. The minimum absolute atomic E-state index is 0. The lowest BCUT2D eigenvalue weighted by molar-refractivity contribution is 0.507. The Bertz CT molecular complexity index is 808. The molecule has 0 spiro atoms. The molecule has 6 heteroatoms. The highest BCUT2D eigenvalue weighted by Gasteiger charge is 2.05. The minimum Gasteiger partial charge on any atom is -0.469 e. The largest absolute Gasteiger partial charge is 0.469 e. The van der Waals surface area contributed by atoms with Crippen LogP contribution in [0.5, 0.6) is 0 Å². The van der Waals surface area contributed by atoms with Gasteiger partial charge in [0.15, 0.2) is 5.96 Å². The van der Waals surface area contributed by atoms with Crippen LogP contribution >= 0.6 is 24.0 Å².